The molecule has 102 valence electrons. The molecule has 2 N–H and O–H groups in total. The van der Waals surface area contributed by atoms with Crippen LogP contribution in [0.25, 0.3) is 22.6 Å². The molecule has 0 fully saturated rings. The van der Waals surface area contributed by atoms with E-state index in [1.807, 2.05) is 13.1 Å². The van der Waals surface area contributed by atoms with Gasteiger partial charge in [0.2, 0.25) is 0 Å². The Morgan fingerprint density at radius 1 is 1.20 bits per heavy atom. The lowest BCUT2D eigenvalue weighted by atomic mass is 9.95. The van der Waals surface area contributed by atoms with Gasteiger partial charge in [-0.3, -0.25) is 4.98 Å². The molecule has 0 aliphatic carbocycles. The summed E-state index contributed by atoms with van der Waals surface area (Å²) in [5, 5.41) is 10.8. The van der Waals surface area contributed by atoms with Crippen molar-refractivity contribution in [3.05, 3.63) is 36.0 Å². The summed E-state index contributed by atoms with van der Waals surface area (Å²) in [4.78, 5) is 11.8. The van der Waals surface area contributed by atoms with Crippen molar-refractivity contribution in [2.75, 3.05) is 0 Å². The highest BCUT2D eigenvalue weighted by Crippen LogP contribution is 2.32. The van der Waals surface area contributed by atoms with Gasteiger partial charge in [-0.1, -0.05) is 13.3 Å². The Kier molecular flexibility index (Phi) is 3.28. The molecule has 0 amide bonds. The zero-order chi connectivity index (χ0) is 13.9. The summed E-state index contributed by atoms with van der Waals surface area (Å²) in [6, 6.07) is 0. The Hall–Kier alpha value is -2.50. The zero-order valence-electron chi connectivity index (χ0n) is 11.5. The normalized spacial score (nSPS) is 10.9. The molecule has 0 saturated heterocycles. The molecule has 6 nitrogen and oxygen atoms in total. The highest BCUT2D eigenvalue weighted by molar-refractivity contribution is 5.74. The van der Waals surface area contributed by atoms with E-state index in [-0.39, 0.29) is 0 Å². The molecule has 0 aliphatic rings. The molecule has 0 spiro atoms. The van der Waals surface area contributed by atoms with Crippen LogP contribution in [-0.2, 0) is 6.42 Å². The van der Waals surface area contributed by atoms with Gasteiger partial charge in [0.05, 0.1) is 30.1 Å². The standard InChI is InChI=1S/C14H16N6/c1-3-4-10-13(11-7-18-20-19-11)9(2)5-16-14(10)12-6-15-8-17-12/h5-8H,3-4H2,1-2H3,(H,15,17)(H,18,19,20). The maximum Gasteiger partial charge on any atom is 0.113 e. The average molecular weight is 268 g/mol. The van der Waals surface area contributed by atoms with Crippen molar-refractivity contribution in [2.45, 2.75) is 26.7 Å². The van der Waals surface area contributed by atoms with E-state index in [0.29, 0.717) is 0 Å². The molecule has 20 heavy (non-hydrogen) atoms. The van der Waals surface area contributed by atoms with E-state index in [9.17, 15) is 0 Å². The largest absolute Gasteiger partial charge is 0.343 e. The molecule has 0 atom stereocenters. The molecule has 0 aliphatic heterocycles. The monoisotopic (exact) mass is 268 g/mol. The van der Waals surface area contributed by atoms with Gasteiger partial charge in [-0.2, -0.15) is 15.4 Å². The Morgan fingerprint density at radius 2 is 2.10 bits per heavy atom. The first-order valence-electron chi connectivity index (χ1n) is 6.64. The van der Waals surface area contributed by atoms with Gasteiger partial charge in [0.15, 0.2) is 0 Å². The van der Waals surface area contributed by atoms with Crippen molar-refractivity contribution >= 4 is 0 Å². The molecule has 0 aromatic carbocycles. The maximum absolute atomic E-state index is 4.58. The fourth-order valence-electron chi connectivity index (χ4n) is 2.45. The van der Waals surface area contributed by atoms with Crippen LogP contribution >= 0.6 is 0 Å². The van der Waals surface area contributed by atoms with Gasteiger partial charge in [0.25, 0.3) is 0 Å². The number of imidazole rings is 1. The number of aromatic nitrogens is 6. The third kappa shape index (κ3) is 2.09. The molecule has 3 heterocycles. The molecule has 0 saturated carbocycles. The van der Waals surface area contributed by atoms with Gasteiger partial charge in [-0.25, -0.2) is 4.98 Å². The summed E-state index contributed by atoms with van der Waals surface area (Å²) >= 11 is 0. The highest BCUT2D eigenvalue weighted by Gasteiger charge is 2.17. The number of H-pyrrole nitrogens is 2. The number of pyridine rings is 1. The van der Waals surface area contributed by atoms with Crippen molar-refractivity contribution < 1.29 is 0 Å². The van der Waals surface area contributed by atoms with E-state index in [0.717, 1.165) is 41.1 Å². The third-order valence-electron chi connectivity index (χ3n) is 3.29. The summed E-state index contributed by atoms with van der Waals surface area (Å²) in [5.74, 6) is 0. The van der Waals surface area contributed by atoms with E-state index in [4.69, 9.17) is 0 Å². The molecule has 6 heteroatoms. The Labute approximate surface area is 116 Å². The SMILES string of the molecule is CCCc1c(-c2cnc[nH]2)ncc(C)c1-c1cn[nH]n1. The minimum atomic E-state index is 0.856. The molecule has 0 unspecified atom stereocenters. The number of nitrogens with zero attached hydrogens (tertiary/aromatic N) is 4. The predicted octanol–water partition coefficient (Wildman–Crippen LogP) is 2.52. The van der Waals surface area contributed by atoms with E-state index in [1.165, 1.54) is 5.56 Å². The number of hydrogen-bond donors (Lipinski definition) is 2. The van der Waals surface area contributed by atoms with Crippen molar-refractivity contribution in [3.63, 3.8) is 0 Å². The molecular formula is C14H16N6. The van der Waals surface area contributed by atoms with Crippen molar-refractivity contribution in [1.82, 2.24) is 30.4 Å². The van der Waals surface area contributed by atoms with Crippen LogP contribution < -0.4 is 0 Å². The van der Waals surface area contributed by atoms with Crippen LogP contribution in [0.15, 0.2) is 24.9 Å². The topological polar surface area (TPSA) is 83.1 Å². The lowest BCUT2D eigenvalue weighted by Crippen LogP contribution is -2.00. The van der Waals surface area contributed by atoms with Gasteiger partial charge in [0, 0.05) is 11.8 Å². The molecular weight excluding hydrogens is 252 g/mol. The van der Waals surface area contributed by atoms with Crippen LogP contribution in [0, 0.1) is 6.92 Å². The van der Waals surface area contributed by atoms with Gasteiger partial charge in [0.1, 0.15) is 5.69 Å². The van der Waals surface area contributed by atoms with E-state index >= 15 is 0 Å². The molecule has 3 aromatic rings. The predicted molar refractivity (Wildman–Crippen MR) is 75.9 cm³/mol. The van der Waals surface area contributed by atoms with Gasteiger partial charge < -0.3 is 4.98 Å². The van der Waals surface area contributed by atoms with Crippen LogP contribution in [-0.4, -0.2) is 30.4 Å². The van der Waals surface area contributed by atoms with Crippen LogP contribution in [0.1, 0.15) is 24.5 Å². The van der Waals surface area contributed by atoms with Crippen molar-refractivity contribution in [1.29, 1.82) is 0 Å². The second-order valence-electron chi connectivity index (χ2n) is 4.71. The van der Waals surface area contributed by atoms with Crippen molar-refractivity contribution in [3.8, 4) is 22.6 Å². The fourth-order valence-corrected chi connectivity index (χ4v) is 2.45. The highest BCUT2D eigenvalue weighted by atomic mass is 15.3. The first-order valence-corrected chi connectivity index (χ1v) is 6.64. The van der Waals surface area contributed by atoms with Crippen molar-refractivity contribution in [2.24, 2.45) is 0 Å². The Morgan fingerprint density at radius 3 is 2.75 bits per heavy atom. The van der Waals surface area contributed by atoms with E-state index in [1.54, 1.807) is 18.7 Å². The molecule has 3 aromatic heterocycles. The Balaban J connectivity index is 2.25. The number of nitrogens with one attached hydrogen (secondary N) is 2. The fraction of sp³-hybridized carbons (Fsp3) is 0.286. The maximum atomic E-state index is 4.58. The summed E-state index contributed by atoms with van der Waals surface area (Å²) in [5.41, 5.74) is 6.12. The smallest absolute Gasteiger partial charge is 0.113 e. The molecule has 0 bridgehead atoms. The number of aryl methyl sites for hydroxylation is 1. The van der Waals surface area contributed by atoms with Gasteiger partial charge >= 0.3 is 0 Å². The second-order valence-corrected chi connectivity index (χ2v) is 4.71. The van der Waals surface area contributed by atoms with Crippen LogP contribution in [0.4, 0.5) is 0 Å². The van der Waals surface area contributed by atoms with Gasteiger partial charge in [-0.15, -0.1) is 0 Å². The number of aromatic amines is 2. The Bertz CT molecular complexity index is 685. The zero-order valence-corrected chi connectivity index (χ0v) is 11.5. The summed E-state index contributed by atoms with van der Waals surface area (Å²) < 4.78 is 0. The quantitative estimate of drug-likeness (QED) is 0.761. The second kappa shape index (κ2) is 5.24. The van der Waals surface area contributed by atoms with E-state index < -0.39 is 0 Å². The van der Waals surface area contributed by atoms with Gasteiger partial charge in [-0.05, 0) is 24.5 Å². The van der Waals surface area contributed by atoms with Crippen LogP contribution in [0.2, 0.25) is 0 Å². The molecule has 0 radical (unpaired) electrons. The summed E-state index contributed by atoms with van der Waals surface area (Å²) in [6.07, 6.45) is 9.06. The van der Waals surface area contributed by atoms with Crippen LogP contribution in [0.5, 0.6) is 0 Å². The number of hydrogen-bond acceptors (Lipinski definition) is 4. The summed E-state index contributed by atoms with van der Waals surface area (Å²) in [7, 11) is 0. The minimum Gasteiger partial charge on any atom is -0.343 e. The third-order valence-corrected chi connectivity index (χ3v) is 3.29. The van der Waals surface area contributed by atoms with Crippen LogP contribution in [0.3, 0.4) is 0 Å². The first kappa shape index (κ1) is 12.5. The van der Waals surface area contributed by atoms with E-state index in [2.05, 4.69) is 37.3 Å². The summed E-state index contributed by atoms with van der Waals surface area (Å²) in [6.45, 7) is 4.21. The first-order chi connectivity index (χ1) is 9.81. The minimum absolute atomic E-state index is 0.856. The average Bonchev–Trinajstić information content (AvgIpc) is 3.12. The molecule has 3 rings (SSSR count). The lowest BCUT2D eigenvalue weighted by Gasteiger charge is -2.13. The lowest BCUT2D eigenvalue weighted by molar-refractivity contribution is 0.910. The number of rotatable bonds is 4.